The minimum Gasteiger partial charge on any atom is -0.462 e. The highest BCUT2D eigenvalue weighted by molar-refractivity contribution is 7.98. The van der Waals surface area contributed by atoms with E-state index in [4.69, 9.17) is 44.6 Å². The summed E-state index contributed by atoms with van der Waals surface area (Å²) < 4.78 is 7.20. The number of nitrogens with zero attached hydrogens (tertiary/aromatic N) is 3. The van der Waals surface area contributed by atoms with Gasteiger partial charge >= 0.3 is 5.97 Å². The Morgan fingerprint density at radius 2 is 1.82 bits per heavy atom. The van der Waals surface area contributed by atoms with Gasteiger partial charge in [0, 0.05) is 32.1 Å². The Kier molecular flexibility index (Phi) is 8.09. The highest BCUT2D eigenvalue weighted by Gasteiger charge is 2.37. The molecule has 4 rings (SSSR count). The molecule has 0 bridgehead atoms. The van der Waals surface area contributed by atoms with Gasteiger partial charge in [0.2, 0.25) is 11.1 Å². The van der Waals surface area contributed by atoms with Gasteiger partial charge in [-0.15, -0.1) is 5.10 Å². The van der Waals surface area contributed by atoms with Crippen LogP contribution >= 0.6 is 46.6 Å². The van der Waals surface area contributed by atoms with Crippen molar-refractivity contribution in [3.8, 4) is 0 Å². The summed E-state index contributed by atoms with van der Waals surface area (Å²) in [6.45, 7) is 4.18. The highest BCUT2D eigenvalue weighted by atomic mass is 35.5. The summed E-state index contributed by atoms with van der Waals surface area (Å²) in [6, 6.07) is 12.2. The lowest BCUT2D eigenvalue weighted by Gasteiger charge is -2.29. The van der Waals surface area contributed by atoms with Crippen molar-refractivity contribution >= 4 is 58.5 Å². The zero-order chi connectivity index (χ0) is 24.2. The number of nitrogens with one attached hydrogen (secondary N) is 1. The van der Waals surface area contributed by atoms with Crippen LogP contribution in [0, 0.1) is 0 Å². The molecule has 1 aliphatic rings. The van der Waals surface area contributed by atoms with Crippen molar-refractivity contribution in [3.05, 3.63) is 79.9 Å². The largest absolute Gasteiger partial charge is 0.462 e. The molecule has 1 atom stereocenters. The number of hydrogen-bond acceptors (Lipinski definition) is 6. The third-order valence-electron chi connectivity index (χ3n) is 5.37. The van der Waals surface area contributed by atoms with E-state index in [2.05, 4.69) is 10.3 Å². The first-order valence-electron chi connectivity index (χ1n) is 10.8. The average Bonchev–Trinajstić information content (AvgIpc) is 3.21. The molecule has 10 heteroatoms. The highest BCUT2D eigenvalue weighted by Crippen LogP contribution is 2.42. The van der Waals surface area contributed by atoms with Crippen molar-refractivity contribution in [2.45, 2.75) is 43.6 Å². The lowest BCUT2D eigenvalue weighted by Crippen LogP contribution is -2.30. The maximum atomic E-state index is 13.2. The Balaban J connectivity index is 1.72. The summed E-state index contributed by atoms with van der Waals surface area (Å²) in [5, 5.41) is 9.97. The molecule has 34 heavy (non-hydrogen) atoms. The van der Waals surface area contributed by atoms with Crippen LogP contribution in [0.1, 0.15) is 43.9 Å². The fraction of sp³-hybridized carbons (Fsp3) is 0.292. The van der Waals surface area contributed by atoms with Crippen molar-refractivity contribution in [3.63, 3.8) is 0 Å². The van der Waals surface area contributed by atoms with E-state index in [-0.39, 0.29) is 0 Å². The third-order valence-corrected chi connectivity index (χ3v) is 7.29. The number of allylic oxidation sites excluding steroid dienone is 1. The van der Waals surface area contributed by atoms with E-state index in [0.717, 1.165) is 18.4 Å². The van der Waals surface area contributed by atoms with E-state index < -0.39 is 12.0 Å². The Bertz CT molecular complexity index is 1220. The molecule has 0 aliphatic carbocycles. The van der Waals surface area contributed by atoms with Gasteiger partial charge in [-0.1, -0.05) is 84.2 Å². The third kappa shape index (κ3) is 5.23. The van der Waals surface area contributed by atoms with Crippen LogP contribution < -0.4 is 5.32 Å². The summed E-state index contributed by atoms with van der Waals surface area (Å²) in [5.41, 5.74) is 2.56. The number of anilines is 1. The molecular formula is C24H23Cl3N4O2S. The first-order valence-corrected chi connectivity index (χ1v) is 12.9. The van der Waals surface area contributed by atoms with Gasteiger partial charge in [0.25, 0.3) is 0 Å². The first-order chi connectivity index (χ1) is 16.4. The lowest BCUT2D eigenvalue weighted by molar-refractivity contribution is -0.139. The number of thioether (sulfide) groups is 1. The molecular weight excluding hydrogens is 515 g/mol. The van der Waals surface area contributed by atoms with Gasteiger partial charge in [0.15, 0.2) is 0 Å². The molecule has 3 aromatic rings. The van der Waals surface area contributed by atoms with Gasteiger partial charge in [-0.2, -0.15) is 4.98 Å². The molecule has 0 saturated heterocycles. The summed E-state index contributed by atoms with van der Waals surface area (Å²) >= 11 is 20.9. The standard InChI is InChI=1S/C24H23Cl3N4O2S/c1-3-4-12-33-22(32)19-14(2)28-23-29-24(34-13-15-8-5-6-9-16(15)25)30-31(23)21(19)20-17(26)10-7-11-18(20)27/h5-11,21H,3-4,12-13H2,1-2H3,(H,28,29,30). The monoisotopic (exact) mass is 536 g/mol. The number of rotatable bonds is 8. The van der Waals surface area contributed by atoms with Crippen LogP contribution in [-0.2, 0) is 15.3 Å². The number of aromatic nitrogens is 3. The van der Waals surface area contributed by atoms with Crippen LogP contribution in [-0.4, -0.2) is 27.3 Å². The molecule has 178 valence electrons. The van der Waals surface area contributed by atoms with Gasteiger partial charge in [-0.3, -0.25) is 0 Å². The Morgan fingerprint density at radius 1 is 1.12 bits per heavy atom. The van der Waals surface area contributed by atoms with E-state index in [1.165, 1.54) is 11.8 Å². The number of carbonyl (C=O) groups is 1. The number of unbranched alkanes of at least 4 members (excludes halogenated alkanes) is 1. The number of benzene rings is 2. The zero-order valence-electron chi connectivity index (χ0n) is 18.6. The van der Waals surface area contributed by atoms with Gasteiger partial charge < -0.3 is 10.1 Å². The van der Waals surface area contributed by atoms with Gasteiger partial charge in [-0.05, 0) is 37.1 Å². The molecule has 0 amide bonds. The Hall–Kier alpha value is -2.19. The van der Waals surface area contributed by atoms with Crippen LogP contribution in [0.4, 0.5) is 5.95 Å². The second kappa shape index (κ2) is 11.0. The van der Waals surface area contributed by atoms with Crippen LogP contribution in [0.25, 0.3) is 0 Å². The SMILES string of the molecule is CCCCOC(=O)C1=C(C)Nc2nc(SCc3ccccc3Cl)nn2C1c1c(Cl)cccc1Cl. The predicted octanol–water partition coefficient (Wildman–Crippen LogP) is 7.16. The van der Waals surface area contributed by atoms with Gasteiger partial charge in [0.05, 0.1) is 12.2 Å². The summed E-state index contributed by atoms with van der Waals surface area (Å²) in [5.74, 6) is 0.648. The van der Waals surface area contributed by atoms with Crippen molar-refractivity contribution in [2.24, 2.45) is 0 Å². The van der Waals surface area contributed by atoms with Crippen LogP contribution in [0.5, 0.6) is 0 Å². The maximum Gasteiger partial charge on any atom is 0.338 e. The normalized spacial score (nSPS) is 15.1. The van der Waals surface area contributed by atoms with Crippen molar-refractivity contribution < 1.29 is 9.53 Å². The maximum absolute atomic E-state index is 13.2. The minimum atomic E-state index is -0.686. The molecule has 1 aliphatic heterocycles. The second-order valence-electron chi connectivity index (χ2n) is 7.73. The molecule has 0 spiro atoms. The van der Waals surface area contributed by atoms with Crippen LogP contribution in [0.3, 0.4) is 0 Å². The number of carbonyl (C=O) groups excluding carboxylic acids is 1. The van der Waals surface area contributed by atoms with Crippen molar-refractivity contribution in [1.82, 2.24) is 14.8 Å². The molecule has 1 aromatic heterocycles. The minimum absolute atomic E-state index is 0.332. The van der Waals surface area contributed by atoms with Crippen LogP contribution in [0.2, 0.25) is 15.1 Å². The summed E-state index contributed by atoms with van der Waals surface area (Å²) in [7, 11) is 0. The number of halogens is 3. The van der Waals surface area contributed by atoms with E-state index in [1.807, 2.05) is 38.1 Å². The number of fused-ring (bicyclic) bond motifs is 1. The Labute approximate surface area is 217 Å². The number of ether oxygens (including phenoxy) is 1. The predicted molar refractivity (Wildman–Crippen MR) is 138 cm³/mol. The van der Waals surface area contributed by atoms with E-state index in [9.17, 15) is 4.79 Å². The van der Waals surface area contributed by atoms with E-state index in [1.54, 1.807) is 22.9 Å². The molecule has 0 saturated carbocycles. The molecule has 1 unspecified atom stereocenters. The van der Waals surface area contributed by atoms with E-state index >= 15 is 0 Å². The second-order valence-corrected chi connectivity index (χ2v) is 9.90. The average molecular weight is 538 g/mol. The molecule has 2 aromatic carbocycles. The fourth-order valence-corrected chi connectivity index (χ4v) is 5.36. The van der Waals surface area contributed by atoms with Crippen LogP contribution in [0.15, 0.2) is 58.9 Å². The topological polar surface area (TPSA) is 69.0 Å². The molecule has 0 fully saturated rings. The summed E-state index contributed by atoms with van der Waals surface area (Å²) in [4.78, 5) is 17.8. The molecule has 1 N–H and O–H groups in total. The Morgan fingerprint density at radius 3 is 2.53 bits per heavy atom. The zero-order valence-corrected chi connectivity index (χ0v) is 21.7. The quantitative estimate of drug-likeness (QED) is 0.187. The fourth-order valence-electron chi connectivity index (χ4n) is 3.64. The smallest absolute Gasteiger partial charge is 0.338 e. The number of esters is 1. The molecule has 6 nitrogen and oxygen atoms in total. The van der Waals surface area contributed by atoms with E-state index in [0.29, 0.717) is 55.4 Å². The number of hydrogen-bond donors (Lipinski definition) is 1. The lowest BCUT2D eigenvalue weighted by atomic mass is 9.95. The van der Waals surface area contributed by atoms with Gasteiger partial charge in [0.1, 0.15) is 6.04 Å². The molecule has 2 heterocycles. The van der Waals surface area contributed by atoms with Gasteiger partial charge in [-0.25, -0.2) is 9.48 Å². The van der Waals surface area contributed by atoms with Crippen molar-refractivity contribution in [1.29, 1.82) is 0 Å². The summed E-state index contributed by atoms with van der Waals surface area (Å²) in [6.07, 6.45) is 1.70. The first kappa shape index (κ1) is 24.9. The molecule has 0 radical (unpaired) electrons. The van der Waals surface area contributed by atoms with Crippen molar-refractivity contribution in [2.75, 3.05) is 11.9 Å².